The minimum Gasteiger partial charge on any atom is -0.257 e. The molecule has 2 heteroatoms. The Morgan fingerprint density at radius 2 is 2.00 bits per heavy atom. The van der Waals surface area contributed by atoms with Crippen LogP contribution in [0.2, 0.25) is 0 Å². The molecule has 0 radical (unpaired) electrons. The molecule has 0 bridgehead atoms. The van der Waals surface area contributed by atoms with Gasteiger partial charge in [0, 0.05) is 17.3 Å². The number of rotatable bonds is 4. The first-order valence-corrected chi connectivity index (χ1v) is 6.87. The highest BCUT2D eigenvalue weighted by molar-refractivity contribution is 7.80. The molecule has 0 spiro atoms. The molecule has 1 nitrogen and oxygen atoms in total. The average molecular weight is 235 g/mol. The van der Waals surface area contributed by atoms with Crippen LogP contribution in [0.15, 0.2) is 12.1 Å². The maximum Gasteiger partial charge on any atom is 0.0440 e. The molecule has 0 saturated heterocycles. The van der Waals surface area contributed by atoms with E-state index >= 15 is 0 Å². The number of pyridine rings is 1. The van der Waals surface area contributed by atoms with Crippen LogP contribution < -0.4 is 0 Å². The van der Waals surface area contributed by atoms with Crippen LogP contribution in [0.3, 0.4) is 0 Å². The van der Waals surface area contributed by atoms with Gasteiger partial charge in [-0.3, -0.25) is 4.98 Å². The zero-order valence-corrected chi connectivity index (χ0v) is 11.3. The molecular weight excluding hydrogens is 214 g/mol. The summed E-state index contributed by atoms with van der Waals surface area (Å²) in [5.74, 6) is 2.70. The summed E-state index contributed by atoms with van der Waals surface area (Å²) in [7, 11) is 0. The molecule has 16 heavy (non-hydrogen) atoms. The summed E-state index contributed by atoms with van der Waals surface area (Å²) in [5, 5.41) is 0. The van der Waals surface area contributed by atoms with Crippen LogP contribution in [-0.4, -0.2) is 10.7 Å². The van der Waals surface area contributed by atoms with Gasteiger partial charge in [0.2, 0.25) is 0 Å². The van der Waals surface area contributed by atoms with Crippen molar-refractivity contribution in [2.24, 2.45) is 0 Å². The van der Waals surface area contributed by atoms with Crippen molar-refractivity contribution in [1.29, 1.82) is 0 Å². The van der Waals surface area contributed by atoms with Crippen molar-refractivity contribution >= 4 is 12.6 Å². The number of hydrogen-bond acceptors (Lipinski definition) is 2. The van der Waals surface area contributed by atoms with E-state index in [0.717, 1.165) is 11.7 Å². The molecule has 1 aliphatic carbocycles. The maximum absolute atomic E-state index is 4.79. The summed E-state index contributed by atoms with van der Waals surface area (Å²) in [4.78, 5) is 4.79. The summed E-state index contributed by atoms with van der Waals surface area (Å²) >= 11 is 4.39. The van der Waals surface area contributed by atoms with Gasteiger partial charge in [0.05, 0.1) is 0 Å². The van der Waals surface area contributed by atoms with Crippen LogP contribution in [-0.2, 0) is 0 Å². The van der Waals surface area contributed by atoms with E-state index in [-0.39, 0.29) is 0 Å². The molecule has 1 aromatic rings. The molecule has 88 valence electrons. The molecule has 0 amide bonds. The van der Waals surface area contributed by atoms with Gasteiger partial charge in [-0.15, -0.1) is 0 Å². The molecule has 1 aliphatic rings. The summed E-state index contributed by atoms with van der Waals surface area (Å²) < 4.78 is 0. The SMILES string of the molecule is CC(C)c1cc(C(C)CS)cc(C2CC2)n1. The van der Waals surface area contributed by atoms with Crippen LogP contribution in [0.1, 0.15) is 68.3 Å². The van der Waals surface area contributed by atoms with E-state index in [1.54, 1.807) is 0 Å². The van der Waals surface area contributed by atoms with Crippen LogP contribution in [0.5, 0.6) is 0 Å². The van der Waals surface area contributed by atoms with Gasteiger partial charge in [-0.2, -0.15) is 12.6 Å². The largest absolute Gasteiger partial charge is 0.257 e. The van der Waals surface area contributed by atoms with Crippen molar-refractivity contribution in [2.75, 3.05) is 5.75 Å². The lowest BCUT2D eigenvalue weighted by Gasteiger charge is -2.14. The highest BCUT2D eigenvalue weighted by Gasteiger charge is 2.26. The lowest BCUT2D eigenvalue weighted by atomic mass is 9.98. The quantitative estimate of drug-likeness (QED) is 0.775. The molecule has 2 rings (SSSR count). The van der Waals surface area contributed by atoms with Gasteiger partial charge in [0.1, 0.15) is 0 Å². The normalized spacial score (nSPS) is 17.8. The molecule has 1 aromatic heterocycles. The van der Waals surface area contributed by atoms with Gasteiger partial charge in [-0.1, -0.05) is 20.8 Å². The molecule has 1 heterocycles. The third-order valence-electron chi connectivity index (χ3n) is 3.32. The Labute approximate surface area is 104 Å². The highest BCUT2D eigenvalue weighted by Crippen LogP contribution is 2.40. The summed E-state index contributed by atoms with van der Waals surface area (Å²) in [6.45, 7) is 6.67. The third-order valence-corrected chi connectivity index (χ3v) is 3.87. The Morgan fingerprint density at radius 3 is 2.50 bits per heavy atom. The Kier molecular flexibility index (Phi) is 3.58. The summed E-state index contributed by atoms with van der Waals surface area (Å²) in [6, 6.07) is 4.56. The van der Waals surface area contributed by atoms with Gasteiger partial charge >= 0.3 is 0 Å². The predicted molar refractivity (Wildman–Crippen MR) is 72.6 cm³/mol. The third kappa shape index (κ3) is 2.60. The number of nitrogens with zero attached hydrogens (tertiary/aromatic N) is 1. The fourth-order valence-electron chi connectivity index (χ4n) is 1.87. The second kappa shape index (κ2) is 4.79. The van der Waals surface area contributed by atoms with E-state index in [4.69, 9.17) is 4.98 Å². The van der Waals surface area contributed by atoms with Crippen molar-refractivity contribution < 1.29 is 0 Å². The lowest BCUT2D eigenvalue weighted by Crippen LogP contribution is -2.03. The molecule has 0 N–H and O–H groups in total. The monoisotopic (exact) mass is 235 g/mol. The van der Waals surface area contributed by atoms with Crippen molar-refractivity contribution in [3.63, 3.8) is 0 Å². The average Bonchev–Trinajstić information content (AvgIpc) is 3.11. The van der Waals surface area contributed by atoms with Gasteiger partial charge in [-0.25, -0.2) is 0 Å². The van der Waals surface area contributed by atoms with Gasteiger partial charge < -0.3 is 0 Å². The first-order chi connectivity index (χ1) is 7.61. The van der Waals surface area contributed by atoms with E-state index in [0.29, 0.717) is 11.8 Å². The molecule has 1 atom stereocenters. The second-order valence-electron chi connectivity index (χ2n) is 5.26. The highest BCUT2D eigenvalue weighted by atomic mass is 32.1. The Bertz CT molecular complexity index is 349. The van der Waals surface area contributed by atoms with E-state index in [1.807, 2.05) is 0 Å². The number of thiol groups is 1. The standard InChI is InChI=1S/C14H21NS/c1-9(2)13-6-12(10(3)8-16)7-14(15-13)11-4-5-11/h6-7,9-11,16H,4-5,8H2,1-3H3. The zero-order chi connectivity index (χ0) is 11.7. The van der Waals surface area contributed by atoms with Crippen LogP contribution in [0.25, 0.3) is 0 Å². The minimum atomic E-state index is 0.518. The van der Waals surface area contributed by atoms with Crippen LogP contribution in [0, 0.1) is 0 Å². The van der Waals surface area contributed by atoms with Crippen molar-refractivity contribution in [2.45, 2.75) is 51.4 Å². The topological polar surface area (TPSA) is 12.9 Å². The molecule has 1 saturated carbocycles. The van der Waals surface area contributed by atoms with Gasteiger partial charge in [-0.05, 0) is 48.1 Å². The zero-order valence-electron chi connectivity index (χ0n) is 10.4. The Balaban J connectivity index is 2.36. The lowest BCUT2D eigenvalue weighted by molar-refractivity contribution is 0.784. The minimum absolute atomic E-state index is 0.518. The molecular formula is C14H21NS. The van der Waals surface area contributed by atoms with E-state index in [9.17, 15) is 0 Å². The summed E-state index contributed by atoms with van der Waals surface area (Å²) in [5.41, 5.74) is 3.97. The Morgan fingerprint density at radius 1 is 1.31 bits per heavy atom. The second-order valence-corrected chi connectivity index (χ2v) is 5.63. The van der Waals surface area contributed by atoms with Crippen molar-refractivity contribution in [3.8, 4) is 0 Å². The van der Waals surface area contributed by atoms with Gasteiger partial charge in [0.15, 0.2) is 0 Å². The summed E-state index contributed by atoms with van der Waals surface area (Å²) in [6.07, 6.45) is 2.65. The smallest absolute Gasteiger partial charge is 0.0440 e. The first-order valence-electron chi connectivity index (χ1n) is 6.24. The first kappa shape index (κ1) is 12.0. The molecule has 0 aliphatic heterocycles. The Hall–Kier alpha value is -0.500. The maximum atomic E-state index is 4.79. The van der Waals surface area contributed by atoms with Gasteiger partial charge in [0.25, 0.3) is 0 Å². The fraction of sp³-hybridized carbons (Fsp3) is 0.643. The number of aromatic nitrogens is 1. The van der Waals surface area contributed by atoms with Crippen LogP contribution in [0.4, 0.5) is 0 Å². The van der Waals surface area contributed by atoms with Crippen molar-refractivity contribution in [1.82, 2.24) is 4.98 Å². The molecule has 0 aromatic carbocycles. The predicted octanol–water partition coefficient (Wildman–Crippen LogP) is 4.12. The molecule has 1 fully saturated rings. The molecule has 1 unspecified atom stereocenters. The fourth-order valence-corrected chi connectivity index (χ4v) is 2.08. The van der Waals surface area contributed by atoms with E-state index in [2.05, 4.69) is 45.5 Å². The van der Waals surface area contributed by atoms with Crippen molar-refractivity contribution in [3.05, 3.63) is 29.1 Å². The number of hydrogen-bond donors (Lipinski definition) is 1. The van der Waals surface area contributed by atoms with Crippen LogP contribution >= 0.6 is 12.6 Å². The van der Waals surface area contributed by atoms with E-state index < -0.39 is 0 Å². The van der Waals surface area contributed by atoms with E-state index in [1.165, 1.54) is 29.8 Å².